The van der Waals surface area contributed by atoms with E-state index < -0.39 is 0 Å². The summed E-state index contributed by atoms with van der Waals surface area (Å²) in [5.41, 5.74) is 3.66. The van der Waals surface area contributed by atoms with Gasteiger partial charge in [0.15, 0.2) is 11.5 Å². The second kappa shape index (κ2) is 6.68. The third-order valence-corrected chi connectivity index (χ3v) is 4.41. The van der Waals surface area contributed by atoms with Crippen LogP contribution in [0.25, 0.3) is 16.9 Å². The average molecular weight is 408 g/mol. The highest BCUT2D eigenvalue weighted by Gasteiger charge is 2.09. The van der Waals surface area contributed by atoms with Crippen molar-refractivity contribution in [1.82, 2.24) is 19.8 Å². The van der Waals surface area contributed by atoms with Crippen LogP contribution in [0.3, 0.4) is 0 Å². The zero-order valence-corrected chi connectivity index (χ0v) is 15.4. The Bertz CT molecular complexity index is 1120. The van der Waals surface area contributed by atoms with E-state index in [2.05, 4.69) is 36.5 Å². The van der Waals surface area contributed by atoms with Crippen LogP contribution in [0.15, 0.2) is 65.1 Å². The highest BCUT2D eigenvalue weighted by atomic mass is 79.9. The largest absolute Gasteiger partial charge is 0.322 e. The van der Waals surface area contributed by atoms with E-state index in [9.17, 15) is 4.79 Å². The summed E-state index contributed by atoms with van der Waals surface area (Å²) < 4.78 is 2.56. The van der Waals surface area contributed by atoms with Gasteiger partial charge in [-0.1, -0.05) is 34.1 Å². The van der Waals surface area contributed by atoms with E-state index in [4.69, 9.17) is 0 Å². The summed E-state index contributed by atoms with van der Waals surface area (Å²) in [6.07, 6.45) is 0. The van der Waals surface area contributed by atoms with E-state index in [-0.39, 0.29) is 5.91 Å². The molecule has 4 aromatic rings. The highest BCUT2D eigenvalue weighted by Crippen LogP contribution is 2.22. The molecule has 1 amide bonds. The van der Waals surface area contributed by atoms with Crippen LogP contribution in [-0.4, -0.2) is 25.7 Å². The zero-order valence-electron chi connectivity index (χ0n) is 13.8. The maximum absolute atomic E-state index is 12.4. The molecule has 0 atom stereocenters. The minimum absolute atomic E-state index is 0.165. The van der Waals surface area contributed by atoms with Gasteiger partial charge in [-0.2, -0.15) is 9.61 Å². The number of hydrogen-bond acceptors (Lipinski definition) is 4. The molecule has 2 heterocycles. The van der Waals surface area contributed by atoms with Gasteiger partial charge in [-0.05, 0) is 49.4 Å². The van der Waals surface area contributed by atoms with Crippen molar-refractivity contribution in [3.63, 3.8) is 0 Å². The quantitative estimate of drug-likeness (QED) is 0.554. The molecule has 2 aromatic carbocycles. The van der Waals surface area contributed by atoms with Gasteiger partial charge < -0.3 is 5.32 Å². The molecule has 7 heteroatoms. The first-order chi connectivity index (χ1) is 12.6. The van der Waals surface area contributed by atoms with Gasteiger partial charge in [0.1, 0.15) is 0 Å². The number of anilines is 1. The second-order valence-electron chi connectivity index (χ2n) is 5.78. The Morgan fingerprint density at radius 3 is 2.73 bits per heavy atom. The maximum Gasteiger partial charge on any atom is 0.255 e. The number of halogens is 1. The lowest BCUT2D eigenvalue weighted by Gasteiger charge is -2.08. The van der Waals surface area contributed by atoms with Gasteiger partial charge in [-0.15, -0.1) is 10.2 Å². The van der Waals surface area contributed by atoms with Crippen LogP contribution < -0.4 is 5.32 Å². The standard InChI is InChI=1S/C19H14BrN5O/c1-12-22-23-18-9-8-17(24-25(12)18)13-4-3-7-16(11-13)21-19(26)14-5-2-6-15(20)10-14/h2-11H,1H3,(H,21,26). The first-order valence-corrected chi connectivity index (χ1v) is 8.76. The summed E-state index contributed by atoms with van der Waals surface area (Å²) >= 11 is 3.38. The lowest BCUT2D eigenvalue weighted by Crippen LogP contribution is -2.11. The molecule has 26 heavy (non-hydrogen) atoms. The zero-order chi connectivity index (χ0) is 18.1. The number of aryl methyl sites for hydroxylation is 1. The maximum atomic E-state index is 12.4. The van der Waals surface area contributed by atoms with Gasteiger partial charge in [-0.25, -0.2) is 0 Å². The smallest absolute Gasteiger partial charge is 0.255 e. The van der Waals surface area contributed by atoms with Crippen LogP contribution in [0, 0.1) is 6.92 Å². The molecule has 0 saturated heterocycles. The summed E-state index contributed by atoms with van der Waals surface area (Å²) in [6, 6.07) is 18.6. The van der Waals surface area contributed by atoms with Crippen molar-refractivity contribution in [3.8, 4) is 11.3 Å². The van der Waals surface area contributed by atoms with Crippen molar-refractivity contribution in [3.05, 3.63) is 76.5 Å². The monoisotopic (exact) mass is 407 g/mol. The Hall–Kier alpha value is -3.06. The van der Waals surface area contributed by atoms with E-state index in [1.54, 1.807) is 16.6 Å². The molecule has 2 aromatic heterocycles. The van der Waals surface area contributed by atoms with Crippen LogP contribution >= 0.6 is 15.9 Å². The van der Waals surface area contributed by atoms with Crippen molar-refractivity contribution in [2.24, 2.45) is 0 Å². The molecule has 6 nitrogen and oxygen atoms in total. The van der Waals surface area contributed by atoms with E-state index in [0.29, 0.717) is 16.9 Å². The highest BCUT2D eigenvalue weighted by molar-refractivity contribution is 9.10. The molecular formula is C19H14BrN5O. The fraction of sp³-hybridized carbons (Fsp3) is 0.0526. The van der Waals surface area contributed by atoms with Crippen LogP contribution in [0.2, 0.25) is 0 Å². The van der Waals surface area contributed by atoms with Gasteiger partial charge in [-0.3, -0.25) is 4.79 Å². The van der Waals surface area contributed by atoms with Crippen LogP contribution in [0.1, 0.15) is 16.2 Å². The van der Waals surface area contributed by atoms with Crippen LogP contribution in [0.5, 0.6) is 0 Å². The third-order valence-electron chi connectivity index (χ3n) is 3.92. The summed E-state index contributed by atoms with van der Waals surface area (Å²) in [7, 11) is 0. The fourth-order valence-electron chi connectivity index (χ4n) is 2.64. The molecule has 0 aliphatic carbocycles. The van der Waals surface area contributed by atoms with Gasteiger partial charge >= 0.3 is 0 Å². The molecule has 0 spiro atoms. The third kappa shape index (κ3) is 3.21. The number of nitrogens with zero attached hydrogens (tertiary/aromatic N) is 4. The Balaban J connectivity index is 1.63. The molecule has 0 fully saturated rings. The molecule has 0 unspecified atom stereocenters. The van der Waals surface area contributed by atoms with E-state index in [1.165, 1.54) is 0 Å². The van der Waals surface area contributed by atoms with E-state index in [1.807, 2.05) is 55.5 Å². The number of rotatable bonds is 3. The van der Waals surface area contributed by atoms with Crippen LogP contribution in [0.4, 0.5) is 5.69 Å². The first kappa shape index (κ1) is 16.4. The molecule has 0 aliphatic rings. The molecule has 0 bridgehead atoms. The Labute approximate surface area is 158 Å². The molecule has 0 radical (unpaired) electrons. The summed E-state index contributed by atoms with van der Waals surface area (Å²) in [5.74, 6) is 0.558. The van der Waals surface area contributed by atoms with E-state index in [0.717, 1.165) is 21.6 Å². The molecule has 4 rings (SSSR count). The van der Waals surface area contributed by atoms with Gasteiger partial charge in [0.25, 0.3) is 5.91 Å². The van der Waals surface area contributed by atoms with E-state index >= 15 is 0 Å². The topological polar surface area (TPSA) is 72.2 Å². The summed E-state index contributed by atoms with van der Waals surface area (Å²) in [4.78, 5) is 12.4. The van der Waals surface area contributed by atoms with Crippen molar-refractivity contribution >= 4 is 33.2 Å². The number of aromatic nitrogens is 4. The number of amides is 1. The normalized spacial score (nSPS) is 10.8. The molecular weight excluding hydrogens is 394 g/mol. The lowest BCUT2D eigenvalue weighted by atomic mass is 10.1. The Morgan fingerprint density at radius 2 is 1.88 bits per heavy atom. The number of nitrogens with one attached hydrogen (secondary N) is 1. The number of carbonyl (C=O) groups excluding carboxylic acids is 1. The molecule has 128 valence electrons. The number of hydrogen-bond donors (Lipinski definition) is 1. The van der Waals surface area contributed by atoms with Gasteiger partial charge in [0.05, 0.1) is 5.69 Å². The fourth-order valence-corrected chi connectivity index (χ4v) is 3.04. The predicted octanol–water partition coefficient (Wildman–Crippen LogP) is 4.11. The molecule has 1 N–H and O–H groups in total. The first-order valence-electron chi connectivity index (χ1n) is 7.96. The van der Waals surface area contributed by atoms with Crippen molar-refractivity contribution in [2.45, 2.75) is 6.92 Å². The summed E-state index contributed by atoms with van der Waals surface area (Å²) in [5, 5.41) is 15.5. The Morgan fingerprint density at radius 1 is 1.04 bits per heavy atom. The second-order valence-corrected chi connectivity index (χ2v) is 6.70. The molecule has 0 saturated carbocycles. The number of fused-ring (bicyclic) bond motifs is 1. The van der Waals surface area contributed by atoms with Gasteiger partial charge in [0, 0.05) is 21.3 Å². The summed E-state index contributed by atoms with van der Waals surface area (Å²) in [6.45, 7) is 1.85. The van der Waals surface area contributed by atoms with Gasteiger partial charge in [0.2, 0.25) is 0 Å². The van der Waals surface area contributed by atoms with Crippen molar-refractivity contribution in [2.75, 3.05) is 5.32 Å². The number of benzene rings is 2. The number of carbonyl (C=O) groups is 1. The average Bonchev–Trinajstić information content (AvgIpc) is 3.02. The minimum atomic E-state index is -0.165. The molecule has 0 aliphatic heterocycles. The Kier molecular flexibility index (Phi) is 4.22. The SMILES string of the molecule is Cc1nnc2ccc(-c3cccc(NC(=O)c4cccc(Br)c4)c3)nn12. The lowest BCUT2D eigenvalue weighted by molar-refractivity contribution is 0.102. The van der Waals surface area contributed by atoms with Crippen molar-refractivity contribution < 1.29 is 4.79 Å². The van der Waals surface area contributed by atoms with Crippen molar-refractivity contribution in [1.29, 1.82) is 0 Å². The predicted molar refractivity (Wildman–Crippen MR) is 103 cm³/mol. The minimum Gasteiger partial charge on any atom is -0.322 e. The van der Waals surface area contributed by atoms with Crippen LogP contribution in [-0.2, 0) is 0 Å².